The third-order valence-corrected chi connectivity index (χ3v) is 3.27. The van der Waals surface area contributed by atoms with Gasteiger partial charge in [-0.2, -0.15) is 0 Å². The summed E-state index contributed by atoms with van der Waals surface area (Å²) in [7, 11) is 0. The summed E-state index contributed by atoms with van der Waals surface area (Å²) in [6.07, 6.45) is 2.52. The van der Waals surface area contributed by atoms with Crippen LogP contribution in [-0.4, -0.2) is 30.4 Å². The monoisotopic (exact) mass is 197 g/mol. The Kier molecular flexibility index (Phi) is 3.53. The minimum atomic E-state index is 0.205. The number of nitrogens with zero attached hydrogens (tertiary/aromatic N) is 1. The number of piperidine rings is 1. The van der Waals surface area contributed by atoms with E-state index in [2.05, 4.69) is 18.7 Å². The van der Waals surface area contributed by atoms with E-state index in [0.29, 0.717) is 11.3 Å². The summed E-state index contributed by atoms with van der Waals surface area (Å²) in [6, 6.07) is 0. The molecule has 0 saturated carbocycles. The zero-order chi connectivity index (χ0) is 10.8. The normalized spacial score (nSPS) is 24.5. The number of hydrogen-bond donors (Lipinski definition) is 2. The van der Waals surface area contributed by atoms with Crippen LogP contribution in [0.1, 0.15) is 33.6 Å². The van der Waals surface area contributed by atoms with E-state index < -0.39 is 0 Å². The Hall–Kier alpha value is -0.570. The van der Waals surface area contributed by atoms with Gasteiger partial charge in [0.2, 0.25) is 0 Å². The second-order valence-electron chi connectivity index (χ2n) is 5.32. The molecule has 3 N–H and O–H groups in total. The minimum Gasteiger partial charge on any atom is -0.387 e. The molecule has 1 aliphatic heterocycles. The SMILES string of the molecule is CC(CN1CCC(C)(C)CC1)C(=N)N. The van der Waals surface area contributed by atoms with Crippen molar-refractivity contribution in [1.82, 2.24) is 4.90 Å². The number of hydrogen-bond acceptors (Lipinski definition) is 2. The van der Waals surface area contributed by atoms with Crippen LogP contribution in [0.15, 0.2) is 0 Å². The molecule has 1 rings (SSSR count). The van der Waals surface area contributed by atoms with Gasteiger partial charge in [0.05, 0.1) is 5.84 Å². The fourth-order valence-corrected chi connectivity index (χ4v) is 1.83. The summed E-state index contributed by atoms with van der Waals surface area (Å²) in [5, 5.41) is 7.35. The Bertz CT molecular complexity index is 201. The molecule has 0 aromatic rings. The molecule has 0 aromatic heterocycles. The molecule has 0 amide bonds. The molecule has 1 unspecified atom stereocenters. The van der Waals surface area contributed by atoms with Gasteiger partial charge in [-0.15, -0.1) is 0 Å². The van der Waals surface area contributed by atoms with Gasteiger partial charge in [0, 0.05) is 12.5 Å². The molecule has 1 aliphatic rings. The third kappa shape index (κ3) is 3.29. The lowest BCUT2D eigenvalue weighted by Crippen LogP contribution is -2.41. The predicted molar refractivity (Wildman–Crippen MR) is 60.5 cm³/mol. The highest BCUT2D eigenvalue weighted by Gasteiger charge is 2.26. The van der Waals surface area contributed by atoms with E-state index in [-0.39, 0.29) is 5.92 Å². The highest BCUT2D eigenvalue weighted by atomic mass is 15.1. The van der Waals surface area contributed by atoms with Gasteiger partial charge in [-0.1, -0.05) is 20.8 Å². The Morgan fingerprint density at radius 2 is 1.93 bits per heavy atom. The summed E-state index contributed by atoms with van der Waals surface area (Å²) in [5.41, 5.74) is 5.97. The van der Waals surface area contributed by atoms with Crippen molar-refractivity contribution in [2.45, 2.75) is 33.6 Å². The summed E-state index contributed by atoms with van der Waals surface area (Å²) in [4.78, 5) is 2.43. The molecule has 0 spiro atoms. The van der Waals surface area contributed by atoms with Gasteiger partial charge in [-0.05, 0) is 31.3 Å². The third-order valence-electron chi connectivity index (χ3n) is 3.27. The standard InChI is InChI=1S/C11H23N3/c1-9(10(12)13)8-14-6-4-11(2,3)5-7-14/h9H,4-8H2,1-3H3,(H3,12,13). The van der Waals surface area contributed by atoms with Crippen LogP contribution in [0.3, 0.4) is 0 Å². The molecule has 14 heavy (non-hydrogen) atoms. The van der Waals surface area contributed by atoms with Gasteiger partial charge < -0.3 is 10.6 Å². The van der Waals surface area contributed by atoms with Gasteiger partial charge in [-0.3, -0.25) is 5.41 Å². The molecule has 0 bridgehead atoms. The number of rotatable bonds is 3. The van der Waals surface area contributed by atoms with Gasteiger partial charge in [0.1, 0.15) is 0 Å². The van der Waals surface area contributed by atoms with E-state index in [4.69, 9.17) is 11.1 Å². The maximum atomic E-state index is 7.35. The lowest BCUT2D eigenvalue weighted by atomic mass is 9.82. The molecule has 1 atom stereocenters. The Morgan fingerprint density at radius 1 is 1.43 bits per heavy atom. The maximum Gasteiger partial charge on any atom is 0.0947 e. The van der Waals surface area contributed by atoms with E-state index in [0.717, 1.165) is 19.6 Å². The van der Waals surface area contributed by atoms with Crippen molar-refractivity contribution < 1.29 is 0 Å². The lowest BCUT2D eigenvalue weighted by molar-refractivity contribution is 0.127. The quantitative estimate of drug-likeness (QED) is 0.534. The molecular weight excluding hydrogens is 174 g/mol. The van der Waals surface area contributed by atoms with E-state index in [1.54, 1.807) is 0 Å². The summed E-state index contributed by atoms with van der Waals surface area (Å²) < 4.78 is 0. The first-order valence-electron chi connectivity index (χ1n) is 5.47. The van der Waals surface area contributed by atoms with Gasteiger partial charge in [0.15, 0.2) is 0 Å². The Balaban J connectivity index is 2.32. The Labute approximate surface area is 87.2 Å². The first-order valence-corrected chi connectivity index (χ1v) is 5.47. The van der Waals surface area contributed by atoms with Crippen LogP contribution in [0.25, 0.3) is 0 Å². The average Bonchev–Trinajstić information content (AvgIpc) is 2.08. The lowest BCUT2D eigenvalue weighted by Gasteiger charge is -2.37. The molecule has 1 saturated heterocycles. The van der Waals surface area contributed by atoms with Gasteiger partial charge >= 0.3 is 0 Å². The topological polar surface area (TPSA) is 53.1 Å². The van der Waals surface area contributed by atoms with E-state index in [1.165, 1.54) is 12.8 Å². The van der Waals surface area contributed by atoms with Gasteiger partial charge in [0.25, 0.3) is 0 Å². The van der Waals surface area contributed by atoms with Crippen LogP contribution >= 0.6 is 0 Å². The van der Waals surface area contributed by atoms with Crippen molar-refractivity contribution in [3.8, 4) is 0 Å². The molecule has 0 radical (unpaired) electrons. The number of nitrogens with two attached hydrogens (primary N) is 1. The summed E-state index contributed by atoms with van der Waals surface area (Å²) in [6.45, 7) is 9.96. The molecule has 0 aliphatic carbocycles. The van der Waals surface area contributed by atoms with E-state index in [9.17, 15) is 0 Å². The van der Waals surface area contributed by atoms with E-state index in [1.807, 2.05) is 6.92 Å². The predicted octanol–water partition coefficient (Wildman–Crippen LogP) is 1.68. The number of amidine groups is 1. The highest BCUT2D eigenvalue weighted by molar-refractivity contribution is 5.79. The zero-order valence-corrected chi connectivity index (χ0v) is 9.64. The smallest absolute Gasteiger partial charge is 0.0947 e. The number of nitrogens with one attached hydrogen (secondary N) is 1. The number of likely N-dealkylation sites (tertiary alicyclic amines) is 1. The molecule has 1 heterocycles. The Morgan fingerprint density at radius 3 is 2.36 bits per heavy atom. The van der Waals surface area contributed by atoms with Gasteiger partial charge in [-0.25, -0.2) is 0 Å². The molecule has 82 valence electrons. The van der Waals surface area contributed by atoms with Crippen molar-refractivity contribution in [3.63, 3.8) is 0 Å². The molecule has 1 fully saturated rings. The van der Waals surface area contributed by atoms with Crippen LogP contribution in [0.4, 0.5) is 0 Å². The van der Waals surface area contributed by atoms with Crippen LogP contribution in [0.5, 0.6) is 0 Å². The van der Waals surface area contributed by atoms with Crippen LogP contribution in [0, 0.1) is 16.7 Å². The second-order valence-corrected chi connectivity index (χ2v) is 5.32. The molecule has 3 heteroatoms. The van der Waals surface area contributed by atoms with Crippen LogP contribution in [0.2, 0.25) is 0 Å². The molecule has 3 nitrogen and oxygen atoms in total. The average molecular weight is 197 g/mol. The molecular formula is C11H23N3. The maximum absolute atomic E-state index is 7.35. The largest absolute Gasteiger partial charge is 0.387 e. The second kappa shape index (κ2) is 4.30. The van der Waals surface area contributed by atoms with E-state index >= 15 is 0 Å². The summed E-state index contributed by atoms with van der Waals surface area (Å²) >= 11 is 0. The van der Waals surface area contributed by atoms with Crippen molar-refractivity contribution in [2.24, 2.45) is 17.1 Å². The van der Waals surface area contributed by atoms with Crippen molar-refractivity contribution >= 4 is 5.84 Å². The first kappa shape index (κ1) is 11.5. The zero-order valence-electron chi connectivity index (χ0n) is 9.64. The highest BCUT2D eigenvalue weighted by Crippen LogP contribution is 2.29. The molecule has 0 aromatic carbocycles. The first-order chi connectivity index (χ1) is 6.41. The van der Waals surface area contributed by atoms with Crippen molar-refractivity contribution in [3.05, 3.63) is 0 Å². The van der Waals surface area contributed by atoms with Crippen LogP contribution in [-0.2, 0) is 0 Å². The summed E-state index contributed by atoms with van der Waals surface area (Å²) in [5.74, 6) is 0.519. The van der Waals surface area contributed by atoms with Crippen molar-refractivity contribution in [2.75, 3.05) is 19.6 Å². The fraction of sp³-hybridized carbons (Fsp3) is 0.909. The van der Waals surface area contributed by atoms with Crippen LogP contribution < -0.4 is 5.73 Å². The van der Waals surface area contributed by atoms with Crippen molar-refractivity contribution in [1.29, 1.82) is 5.41 Å². The fourth-order valence-electron chi connectivity index (χ4n) is 1.83. The minimum absolute atomic E-state index is 0.205.